The number of ether oxygens (including phenoxy) is 2. The van der Waals surface area contributed by atoms with E-state index < -0.39 is 0 Å². The molecule has 4 heteroatoms. The number of carbonyl (C=O) groups is 1. The lowest BCUT2D eigenvalue weighted by Crippen LogP contribution is -2.01. The molecule has 1 aliphatic rings. The summed E-state index contributed by atoms with van der Waals surface area (Å²) in [5.74, 6) is -0.143. The molecule has 0 spiro atoms. The van der Waals surface area contributed by atoms with Crippen LogP contribution < -0.4 is 0 Å². The topological polar surface area (TPSA) is 59.1 Å². The van der Waals surface area contributed by atoms with Crippen molar-refractivity contribution < 1.29 is 19.4 Å². The lowest BCUT2D eigenvalue weighted by Gasteiger charge is -1.97. The second-order valence-corrected chi connectivity index (χ2v) is 4.78. The van der Waals surface area contributed by atoms with E-state index in [9.17, 15) is 4.79 Å². The number of methoxy groups -OCH3 is 1. The Kier molecular flexibility index (Phi) is 6.98. The van der Waals surface area contributed by atoms with Crippen LogP contribution in [0.4, 0.5) is 0 Å². The van der Waals surface area contributed by atoms with Crippen molar-refractivity contribution in [1.29, 1.82) is 0 Å². The van der Waals surface area contributed by atoms with Crippen molar-refractivity contribution >= 4 is 5.97 Å². The van der Waals surface area contributed by atoms with Crippen molar-refractivity contribution in [3.8, 4) is 0 Å². The Labute approximate surface area is 109 Å². The maximum absolute atomic E-state index is 10.9. The average molecular weight is 256 g/mol. The Hall–Kier alpha value is -0.870. The molecular weight excluding hydrogens is 232 g/mol. The summed E-state index contributed by atoms with van der Waals surface area (Å²) in [6.07, 6.45) is 9.60. The summed E-state index contributed by atoms with van der Waals surface area (Å²) >= 11 is 0. The summed E-state index contributed by atoms with van der Waals surface area (Å²) in [7, 11) is 1.42. The van der Waals surface area contributed by atoms with Crippen molar-refractivity contribution in [2.75, 3.05) is 7.11 Å². The van der Waals surface area contributed by atoms with Gasteiger partial charge in [-0.05, 0) is 39.0 Å². The number of hydrogen-bond donors (Lipinski definition) is 1. The number of hydrogen-bond acceptors (Lipinski definition) is 4. The van der Waals surface area contributed by atoms with Crippen LogP contribution in [0.15, 0.2) is 12.2 Å². The second-order valence-electron chi connectivity index (χ2n) is 4.78. The quantitative estimate of drug-likeness (QED) is 0.297. The van der Waals surface area contributed by atoms with E-state index in [2.05, 4.69) is 4.74 Å². The van der Waals surface area contributed by atoms with Crippen LogP contribution in [0.5, 0.6) is 0 Å². The maximum atomic E-state index is 10.9. The Balaban J connectivity index is 1.93. The molecular formula is C14H24O4. The van der Waals surface area contributed by atoms with Crippen LogP contribution in [0.3, 0.4) is 0 Å². The van der Waals surface area contributed by atoms with E-state index in [4.69, 9.17) is 9.84 Å². The monoisotopic (exact) mass is 256 g/mol. The molecule has 1 unspecified atom stereocenters. The summed E-state index contributed by atoms with van der Waals surface area (Å²) < 4.78 is 10.1. The summed E-state index contributed by atoms with van der Waals surface area (Å²) in [5, 5.41) is 9.03. The highest BCUT2D eigenvalue weighted by Crippen LogP contribution is 2.31. The molecule has 0 aliphatic carbocycles. The van der Waals surface area contributed by atoms with Gasteiger partial charge in [-0.1, -0.05) is 12.2 Å². The fourth-order valence-electron chi connectivity index (χ4n) is 1.97. The Morgan fingerprint density at radius 1 is 1.39 bits per heavy atom. The van der Waals surface area contributed by atoms with E-state index in [0.29, 0.717) is 18.6 Å². The number of aliphatic hydroxyl groups is 1. The minimum Gasteiger partial charge on any atom is -0.469 e. The fourth-order valence-corrected chi connectivity index (χ4v) is 1.97. The molecule has 18 heavy (non-hydrogen) atoms. The number of epoxide rings is 1. The van der Waals surface area contributed by atoms with Crippen LogP contribution >= 0.6 is 0 Å². The molecule has 0 amide bonds. The molecule has 0 aromatic rings. The van der Waals surface area contributed by atoms with Gasteiger partial charge >= 0.3 is 5.97 Å². The molecule has 1 rings (SSSR count). The zero-order valence-electron chi connectivity index (χ0n) is 11.3. The smallest absolute Gasteiger partial charge is 0.305 e. The normalized spacial score (nSPS) is 24.2. The van der Waals surface area contributed by atoms with Crippen LogP contribution in [0.1, 0.15) is 45.4 Å². The van der Waals surface area contributed by atoms with E-state index in [1.165, 1.54) is 7.11 Å². The summed E-state index contributed by atoms with van der Waals surface area (Å²) in [4.78, 5) is 10.9. The first kappa shape index (κ1) is 15.2. The molecule has 4 nitrogen and oxygen atoms in total. The number of unbranched alkanes of at least 4 members (excludes halogenated alkanes) is 1. The highest BCUT2D eigenvalue weighted by atomic mass is 16.6. The molecule has 0 radical (unpaired) electrons. The molecule has 1 saturated heterocycles. The molecule has 1 N–H and O–H groups in total. The first-order chi connectivity index (χ1) is 8.63. The molecule has 1 fully saturated rings. The van der Waals surface area contributed by atoms with Gasteiger partial charge in [0.2, 0.25) is 0 Å². The molecule has 0 aromatic heterocycles. The third kappa shape index (κ3) is 6.77. The Bertz CT molecular complexity index is 273. The fraction of sp³-hybridized carbons (Fsp3) is 0.786. The van der Waals surface area contributed by atoms with Crippen molar-refractivity contribution in [1.82, 2.24) is 0 Å². The molecule has 0 aromatic carbocycles. The molecule has 1 heterocycles. The average Bonchev–Trinajstić information content (AvgIpc) is 3.06. The van der Waals surface area contributed by atoms with E-state index in [1.54, 1.807) is 6.92 Å². The van der Waals surface area contributed by atoms with Gasteiger partial charge in [-0.25, -0.2) is 0 Å². The molecule has 1 aliphatic heterocycles. The number of rotatable bonds is 9. The lowest BCUT2D eigenvalue weighted by atomic mass is 10.1. The van der Waals surface area contributed by atoms with E-state index >= 15 is 0 Å². The first-order valence-electron chi connectivity index (χ1n) is 6.70. The van der Waals surface area contributed by atoms with Crippen molar-refractivity contribution in [3.05, 3.63) is 12.2 Å². The lowest BCUT2D eigenvalue weighted by molar-refractivity contribution is -0.140. The van der Waals surface area contributed by atoms with Crippen molar-refractivity contribution in [2.45, 2.75) is 63.8 Å². The van der Waals surface area contributed by atoms with Gasteiger partial charge < -0.3 is 14.6 Å². The molecule has 104 valence electrons. The number of aliphatic hydroxyl groups excluding tert-OH is 1. The summed E-state index contributed by atoms with van der Waals surface area (Å²) in [6, 6.07) is 0. The van der Waals surface area contributed by atoms with Crippen LogP contribution in [-0.2, 0) is 14.3 Å². The predicted octanol–water partition coefficient (Wildman–Crippen LogP) is 2.20. The standard InChI is InChI=1S/C14H24O4/c1-11(15)7-4-3-5-8-12-13(18-12)9-6-10-14(16)17-2/h4,7,11-13,15H,3,5-6,8-10H2,1-2H3/b7-4+/t11?,12-,13-/m1/s1. The minimum atomic E-state index is -0.353. The minimum absolute atomic E-state index is 0.143. The van der Waals surface area contributed by atoms with Gasteiger partial charge in [0.15, 0.2) is 0 Å². The van der Waals surface area contributed by atoms with Gasteiger partial charge in [-0.2, -0.15) is 0 Å². The summed E-state index contributed by atoms with van der Waals surface area (Å²) in [6.45, 7) is 1.75. The molecule has 0 saturated carbocycles. The second kappa shape index (κ2) is 8.27. The van der Waals surface area contributed by atoms with Crippen LogP contribution in [0, 0.1) is 0 Å². The van der Waals surface area contributed by atoms with Gasteiger partial charge in [0, 0.05) is 6.42 Å². The van der Waals surface area contributed by atoms with Crippen LogP contribution in [0.2, 0.25) is 0 Å². The van der Waals surface area contributed by atoms with Crippen LogP contribution in [-0.4, -0.2) is 36.5 Å². The third-order valence-corrected chi connectivity index (χ3v) is 3.06. The van der Waals surface area contributed by atoms with Crippen molar-refractivity contribution in [3.63, 3.8) is 0 Å². The molecule has 0 bridgehead atoms. The predicted molar refractivity (Wildman–Crippen MR) is 69.2 cm³/mol. The van der Waals surface area contributed by atoms with E-state index in [-0.39, 0.29) is 12.1 Å². The van der Waals surface area contributed by atoms with Crippen molar-refractivity contribution in [2.24, 2.45) is 0 Å². The zero-order chi connectivity index (χ0) is 13.4. The number of carbonyl (C=O) groups excluding carboxylic acids is 1. The van der Waals surface area contributed by atoms with Gasteiger partial charge in [0.25, 0.3) is 0 Å². The Morgan fingerprint density at radius 2 is 2.06 bits per heavy atom. The van der Waals surface area contributed by atoms with E-state index in [1.807, 2.05) is 12.2 Å². The van der Waals surface area contributed by atoms with Gasteiger partial charge in [-0.15, -0.1) is 0 Å². The van der Waals surface area contributed by atoms with Gasteiger partial charge in [-0.3, -0.25) is 4.79 Å². The van der Waals surface area contributed by atoms with Gasteiger partial charge in [0.1, 0.15) is 0 Å². The number of esters is 1. The Morgan fingerprint density at radius 3 is 2.67 bits per heavy atom. The molecule has 3 atom stereocenters. The third-order valence-electron chi connectivity index (χ3n) is 3.06. The maximum Gasteiger partial charge on any atom is 0.305 e. The highest BCUT2D eigenvalue weighted by Gasteiger charge is 2.36. The van der Waals surface area contributed by atoms with Crippen LogP contribution in [0.25, 0.3) is 0 Å². The van der Waals surface area contributed by atoms with Gasteiger partial charge in [0.05, 0.1) is 25.4 Å². The SMILES string of the molecule is COC(=O)CCC[C@H]1O[C@@H]1CCC/C=C/C(C)O. The zero-order valence-corrected chi connectivity index (χ0v) is 11.3. The number of allylic oxidation sites excluding steroid dienone is 1. The summed E-state index contributed by atoms with van der Waals surface area (Å²) in [5.41, 5.74) is 0. The first-order valence-corrected chi connectivity index (χ1v) is 6.70. The van der Waals surface area contributed by atoms with E-state index in [0.717, 1.165) is 32.1 Å². The largest absolute Gasteiger partial charge is 0.469 e. The highest BCUT2D eigenvalue weighted by molar-refractivity contribution is 5.68.